The van der Waals surface area contributed by atoms with E-state index in [-0.39, 0.29) is 18.6 Å². The zero-order valence-corrected chi connectivity index (χ0v) is 20.4. The zero-order chi connectivity index (χ0) is 24.4. The van der Waals surface area contributed by atoms with Crippen molar-refractivity contribution in [3.63, 3.8) is 0 Å². The molecule has 0 aromatic heterocycles. The average Bonchev–Trinajstić information content (AvgIpc) is 3.39. The lowest BCUT2D eigenvalue weighted by Gasteiger charge is -2.65. The van der Waals surface area contributed by atoms with E-state index in [0.29, 0.717) is 23.8 Å². The smallest absolute Gasteiger partial charge is 0.267 e. The Hall–Kier alpha value is -3.65. The summed E-state index contributed by atoms with van der Waals surface area (Å²) in [5.41, 5.74) is 3.19. The molecule has 3 aromatic carbocycles. The lowest BCUT2D eigenvalue weighted by molar-refractivity contribution is -0.195. The van der Waals surface area contributed by atoms with E-state index in [2.05, 4.69) is 12.1 Å². The lowest BCUT2D eigenvalue weighted by Crippen LogP contribution is -2.81. The second-order valence-electron chi connectivity index (χ2n) is 9.35. The monoisotopic (exact) mass is 500 g/mol. The number of nitrogens with zero attached hydrogens (tertiary/aromatic N) is 2. The molecule has 7 nitrogen and oxygen atoms in total. The molecular formula is C28H24N2O5S. The minimum absolute atomic E-state index is 0.0175. The molecule has 0 N–H and O–H groups in total. The maximum atomic E-state index is 13.8. The molecule has 0 spiro atoms. The molecule has 2 saturated heterocycles. The fourth-order valence-electron chi connectivity index (χ4n) is 6.05. The molecule has 0 unspecified atom stereocenters. The van der Waals surface area contributed by atoms with Crippen LogP contribution in [0.15, 0.2) is 72.8 Å². The third kappa shape index (κ3) is 2.82. The summed E-state index contributed by atoms with van der Waals surface area (Å²) in [5.74, 6) is 1.72. The van der Waals surface area contributed by atoms with Crippen LogP contribution in [0, 0.1) is 0 Å². The topological polar surface area (TPSA) is 68.3 Å². The molecule has 4 aliphatic rings. The van der Waals surface area contributed by atoms with Crippen molar-refractivity contribution in [2.24, 2.45) is 0 Å². The van der Waals surface area contributed by atoms with Gasteiger partial charge in [0.1, 0.15) is 22.7 Å². The summed E-state index contributed by atoms with van der Waals surface area (Å²) in [6.07, 6.45) is 2.09. The number of benzene rings is 3. The number of likely N-dealkylation sites (tertiary alicyclic amines) is 1. The first-order valence-electron chi connectivity index (χ1n) is 12.0. The van der Waals surface area contributed by atoms with Crippen molar-refractivity contribution in [1.82, 2.24) is 9.80 Å². The predicted octanol–water partition coefficient (Wildman–Crippen LogP) is 3.73. The van der Waals surface area contributed by atoms with Gasteiger partial charge in [0.25, 0.3) is 11.8 Å². The normalized spacial score (nSPS) is 27.6. The first-order valence-corrected chi connectivity index (χ1v) is 13.2. The van der Waals surface area contributed by atoms with Crippen LogP contribution in [0.25, 0.3) is 0 Å². The molecule has 8 heteroatoms. The van der Waals surface area contributed by atoms with E-state index in [1.54, 1.807) is 16.7 Å². The summed E-state index contributed by atoms with van der Waals surface area (Å²) < 4.78 is 17.3. The van der Waals surface area contributed by atoms with Gasteiger partial charge in [-0.2, -0.15) is 0 Å². The Morgan fingerprint density at radius 3 is 2.56 bits per heavy atom. The Morgan fingerprint density at radius 1 is 0.944 bits per heavy atom. The second-order valence-corrected chi connectivity index (χ2v) is 10.4. The van der Waals surface area contributed by atoms with Gasteiger partial charge in [-0.3, -0.25) is 9.59 Å². The van der Waals surface area contributed by atoms with E-state index < -0.39 is 23.1 Å². The molecule has 0 bridgehead atoms. The summed E-state index contributed by atoms with van der Waals surface area (Å²) in [6.45, 7) is 0.812. The van der Waals surface area contributed by atoms with Crippen LogP contribution in [-0.4, -0.2) is 53.4 Å². The lowest BCUT2D eigenvalue weighted by atomic mass is 9.76. The summed E-state index contributed by atoms with van der Waals surface area (Å²) in [6, 6.07) is 22.2. The van der Waals surface area contributed by atoms with Crippen molar-refractivity contribution in [1.29, 1.82) is 0 Å². The van der Waals surface area contributed by atoms with E-state index in [9.17, 15) is 9.59 Å². The van der Waals surface area contributed by atoms with Crippen LogP contribution in [0.1, 0.15) is 22.7 Å². The number of carbonyl (C=O) groups excluding carboxylic acids is 2. The number of amides is 2. The van der Waals surface area contributed by atoms with Crippen LogP contribution < -0.4 is 14.2 Å². The number of hydrogen-bond acceptors (Lipinski definition) is 6. The van der Waals surface area contributed by atoms with Crippen molar-refractivity contribution in [2.75, 3.05) is 19.6 Å². The summed E-state index contributed by atoms with van der Waals surface area (Å²) >= 11 is 1.63. The Balaban J connectivity index is 1.32. The molecule has 0 radical (unpaired) electrons. The number of β-lactam (4-membered cyclic amide) rings is 2. The van der Waals surface area contributed by atoms with E-state index in [0.717, 1.165) is 17.5 Å². The summed E-state index contributed by atoms with van der Waals surface area (Å²) in [7, 11) is 0. The van der Waals surface area contributed by atoms with Gasteiger partial charge in [-0.25, -0.2) is 0 Å². The van der Waals surface area contributed by atoms with Gasteiger partial charge in [0, 0.05) is 6.54 Å². The molecular weight excluding hydrogens is 476 g/mol. The third-order valence-corrected chi connectivity index (χ3v) is 8.98. The maximum Gasteiger partial charge on any atom is 0.267 e. The van der Waals surface area contributed by atoms with Crippen molar-refractivity contribution in [3.05, 3.63) is 89.5 Å². The number of para-hydroxylation sites is 1. The molecule has 182 valence electrons. The minimum Gasteiger partial charge on any atom is -0.478 e. The van der Waals surface area contributed by atoms with Crippen LogP contribution in [0.3, 0.4) is 0 Å². The Kier molecular flexibility index (Phi) is 4.76. The highest BCUT2D eigenvalue weighted by molar-refractivity contribution is 7.99. The number of hydrogen-bond donors (Lipinski definition) is 0. The van der Waals surface area contributed by atoms with E-state index in [4.69, 9.17) is 14.2 Å². The predicted molar refractivity (Wildman–Crippen MR) is 134 cm³/mol. The number of fused-ring (bicyclic) bond motifs is 4. The van der Waals surface area contributed by atoms with Gasteiger partial charge in [-0.1, -0.05) is 48.5 Å². The van der Waals surface area contributed by atoms with Crippen LogP contribution in [0.5, 0.6) is 17.2 Å². The number of thioether (sulfide) groups is 1. The van der Waals surface area contributed by atoms with Crippen molar-refractivity contribution < 1.29 is 23.8 Å². The highest BCUT2D eigenvalue weighted by Gasteiger charge is 2.70. The zero-order valence-electron chi connectivity index (χ0n) is 19.6. The van der Waals surface area contributed by atoms with Crippen LogP contribution in [0.2, 0.25) is 0 Å². The Bertz CT molecular complexity index is 1380. The quantitative estimate of drug-likeness (QED) is 0.498. The van der Waals surface area contributed by atoms with Crippen LogP contribution >= 0.6 is 11.8 Å². The number of ether oxygens (including phenoxy) is 3. The minimum atomic E-state index is -0.743. The Morgan fingerprint density at radius 2 is 1.72 bits per heavy atom. The van der Waals surface area contributed by atoms with E-state index in [1.165, 1.54) is 5.56 Å². The van der Waals surface area contributed by atoms with E-state index >= 15 is 0 Å². The first kappa shape index (κ1) is 21.6. The molecule has 4 atom stereocenters. The van der Waals surface area contributed by atoms with Gasteiger partial charge in [0.15, 0.2) is 11.5 Å². The molecule has 0 saturated carbocycles. The van der Waals surface area contributed by atoms with Crippen LogP contribution in [0.4, 0.5) is 0 Å². The van der Waals surface area contributed by atoms with Gasteiger partial charge >= 0.3 is 0 Å². The van der Waals surface area contributed by atoms with Crippen molar-refractivity contribution >= 4 is 23.6 Å². The van der Waals surface area contributed by atoms with Crippen molar-refractivity contribution in [3.8, 4) is 17.2 Å². The van der Waals surface area contributed by atoms with E-state index in [1.807, 2.05) is 71.8 Å². The van der Waals surface area contributed by atoms with Gasteiger partial charge in [-0.15, -0.1) is 11.8 Å². The molecule has 4 heterocycles. The third-order valence-electron chi connectivity index (χ3n) is 7.70. The first-order chi connectivity index (χ1) is 17.6. The molecule has 0 aliphatic carbocycles. The SMILES string of the molecule is CS[C@]12c3ccccc3CCN1C(=O)[C@H]2N1C(=O)[C@@H](Oc2ccccc2)[C@H]1c1ccc2c(c1)OCO2. The molecule has 2 fully saturated rings. The number of carbonyl (C=O) groups is 2. The summed E-state index contributed by atoms with van der Waals surface area (Å²) in [5, 5.41) is 0. The maximum absolute atomic E-state index is 13.8. The molecule has 36 heavy (non-hydrogen) atoms. The summed E-state index contributed by atoms with van der Waals surface area (Å²) in [4.78, 5) is 30.4. The molecule has 7 rings (SSSR count). The van der Waals surface area contributed by atoms with Crippen molar-refractivity contribution in [2.45, 2.75) is 29.5 Å². The second kappa shape index (κ2) is 7.93. The fourth-order valence-corrected chi connectivity index (χ4v) is 7.31. The largest absolute Gasteiger partial charge is 0.478 e. The Labute approximate surface area is 212 Å². The van der Waals surface area contributed by atoms with Gasteiger partial charge in [0.05, 0.1) is 0 Å². The average molecular weight is 501 g/mol. The van der Waals surface area contributed by atoms with Crippen LogP contribution in [-0.2, 0) is 20.9 Å². The fraction of sp³-hybridized carbons (Fsp3) is 0.286. The van der Waals surface area contributed by atoms with Gasteiger partial charge < -0.3 is 24.0 Å². The highest BCUT2D eigenvalue weighted by atomic mass is 32.2. The highest BCUT2D eigenvalue weighted by Crippen LogP contribution is 2.58. The van der Waals surface area contributed by atoms with Gasteiger partial charge in [0.2, 0.25) is 12.9 Å². The molecule has 3 aromatic rings. The number of rotatable bonds is 5. The molecule has 4 aliphatic heterocycles. The van der Waals surface area contributed by atoms with Gasteiger partial charge in [-0.05, 0) is 53.6 Å². The molecule has 2 amide bonds. The standard InChI is InChI=1S/C28H24N2O5S/c1-36-28-20-10-6-5-7-17(20)13-14-29(28)27(32)25(28)30-23(18-11-12-21-22(15-18)34-16-33-21)24(26(30)31)35-19-8-3-2-4-9-19/h2-12,15,23-25H,13-14,16H2,1H3/t23-,24+,25-,28+/m1/s1.